The zero-order chi connectivity index (χ0) is 13.3. The number of aryl methyl sites for hydroxylation is 1. The van der Waals surface area contributed by atoms with Crippen LogP contribution >= 0.6 is 11.8 Å². The standard InChI is InChI=1S/C15H21NO2S/c1-11-8-12(2-5-16-11)14(17)13-3-6-18-15(9-13)4-7-19-10-15/h2,5,8,13-14,17H,3-4,6-7,9-10H2,1H3. The molecule has 2 fully saturated rings. The third-order valence-electron chi connectivity index (χ3n) is 4.31. The van der Waals surface area contributed by atoms with Crippen molar-refractivity contribution >= 4 is 11.8 Å². The van der Waals surface area contributed by atoms with E-state index in [4.69, 9.17) is 4.74 Å². The van der Waals surface area contributed by atoms with Crippen molar-refractivity contribution in [1.29, 1.82) is 0 Å². The van der Waals surface area contributed by atoms with Crippen molar-refractivity contribution in [3.05, 3.63) is 29.6 Å². The van der Waals surface area contributed by atoms with Crippen molar-refractivity contribution in [2.45, 2.75) is 37.9 Å². The first-order valence-corrected chi connectivity index (χ1v) is 8.16. The molecule has 1 aromatic rings. The molecule has 2 aliphatic heterocycles. The molecule has 104 valence electrons. The van der Waals surface area contributed by atoms with Crippen LogP contribution in [0, 0.1) is 12.8 Å². The molecule has 1 N–H and O–H groups in total. The molecule has 0 saturated carbocycles. The molecule has 3 atom stereocenters. The van der Waals surface area contributed by atoms with Gasteiger partial charge in [0.2, 0.25) is 0 Å². The van der Waals surface area contributed by atoms with E-state index < -0.39 is 0 Å². The van der Waals surface area contributed by atoms with Crippen molar-refractivity contribution in [2.75, 3.05) is 18.1 Å². The van der Waals surface area contributed by atoms with Crippen LogP contribution in [0.4, 0.5) is 0 Å². The number of aliphatic hydroxyl groups excluding tert-OH is 1. The van der Waals surface area contributed by atoms with Gasteiger partial charge >= 0.3 is 0 Å². The Kier molecular flexibility index (Phi) is 3.83. The Morgan fingerprint density at radius 3 is 3.21 bits per heavy atom. The van der Waals surface area contributed by atoms with Gasteiger partial charge in [0.15, 0.2) is 0 Å². The summed E-state index contributed by atoms with van der Waals surface area (Å²) in [6.45, 7) is 2.75. The Morgan fingerprint density at radius 1 is 1.58 bits per heavy atom. The zero-order valence-electron chi connectivity index (χ0n) is 11.3. The topological polar surface area (TPSA) is 42.4 Å². The lowest BCUT2D eigenvalue weighted by molar-refractivity contribution is -0.102. The fourth-order valence-corrected chi connectivity index (χ4v) is 4.60. The minimum absolute atomic E-state index is 0.0383. The molecule has 2 aliphatic rings. The number of hydrogen-bond donors (Lipinski definition) is 1. The van der Waals surface area contributed by atoms with E-state index >= 15 is 0 Å². The van der Waals surface area contributed by atoms with Gasteiger partial charge in [0.05, 0.1) is 11.7 Å². The van der Waals surface area contributed by atoms with Crippen LogP contribution < -0.4 is 0 Å². The lowest BCUT2D eigenvalue weighted by atomic mass is 9.80. The quantitative estimate of drug-likeness (QED) is 0.904. The molecule has 0 amide bonds. The van der Waals surface area contributed by atoms with Gasteiger partial charge in [0.25, 0.3) is 0 Å². The van der Waals surface area contributed by atoms with Gasteiger partial charge < -0.3 is 9.84 Å². The van der Waals surface area contributed by atoms with Gasteiger partial charge in [-0.15, -0.1) is 0 Å². The van der Waals surface area contributed by atoms with Crippen molar-refractivity contribution < 1.29 is 9.84 Å². The summed E-state index contributed by atoms with van der Waals surface area (Å²) in [7, 11) is 0. The van der Waals surface area contributed by atoms with E-state index in [9.17, 15) is 5.11 Å². The molecule has 4 heteroatoms. The number of aliphatic hydroxyl groups is 1. The fraction of sp³-hybridized carbons (Fsp3) is 0.667. The van der Waals surface area contributed by atoms with Crippen LogP contribution in [0.25, 0.3) is 0 Å². The minimum atomic E-state index is -0.381. The second-order valence-electron chi connectivity index (χ2n) is 5.76. The molecule has 3 nitrogen and oxygen atoms in total. The molecule has 3 unspecified atom stereocenters. The highest BCUT2D eigenvalue weighted by molar-refractivity contribution is 7.99. The molecule has 0 aliphatic carbocycles. The van der Waals surface area contributed by atoms with E-state index in [0.29, 0.717) is 5.92 Å². The minimum Gasteiger partial charge on any atom is -0.388 e. The Bertz CT molecular complexity index is 446. The number of hydrogen-bond acceptors (Lipinski definition) is 4. The van der Waals surface area contributed by atoms with Gasteiger partial charge in [-0.1, -0.05) is 0 Å². The summed E-state index contributed by atoms with van der Waals surface area (Å²) >= 11 is 1.97. The number of rotatable bonds is 2. The van der Waals surface area contributed by atoms with E-state index in [0.717, 1.165) is 42.9 Å². The second-order valence-corrected chi connectivity index (χ2v) is 6.87. The summed E-state index contributed by atoms with van der Waals surface area (Å²) in [4.78, 5) is 4.20. The predicted molar refractivity (Wildman–Crippen MR) is 77.3 cm³/mol. The molecule has 19 heavy (non-hydrogen) atoms. The summed E-state index contributed by atoms with van der Waals surface area (Å²) in [6.07, 6.45) is 4.48. The van der Waals surface area contributed by atoms with Gasteiger partial charge in [-0.05, 0) is 55.6 Å². The maximum absolute atomic E-state index is 10.6. The number of thioether (sulfide) groups is 1. The van der Waals surface area contributed by atoms with Gasteiger partial charge in [-0.25, -0.2) is 0 Å². The van der Waals surface area contributed by atoms with Crippen LogP contribution in [0.1, 0.15) is 36.6 Å². The van der Waals surface area contributed by atoms with Crippen molar-refractivity contribution in [3.8, 4) is 0 Å². The van der Waals surface area contributed by atoms with Crippen LogP contribution in [-0.2, 0) is 4.74 Å². The Labute approximate surface area is 118 Å². The van der Waals surface area contributed by atoms with Crippen molar-refractivity contribution in [3.63, 3.8) is 0 Å². The monoisotopic (exact) mass is 279 g/mol. The van der Waals surface area contributed by atoms with Crippen molar-refractivity contribution in [2.24, 2.45) is 5.92 Å². The predicted octanol–water partition coefficient (Wildman–Crippen LogP) is 2.73. The van der Waals surface area contributed by atoms with Gasteiger partial charge in [-0.2, -0.15) is 11.8 Å². The lowest BCUT2D eigenvalue weighted by Crippen LogP contribution is -2.41. The maximum atomic E-state index is 10.6. The first-order valence-electron chi connectivity index (χ1n) is 7.01. The lowest BCUT2D eigenvalue weighted by Gasteiger charge is -2.39. The van der Waals surface area contributed by atoms with E-state index in [1.807, 2.05) is 30.8 Å². The highest BCUT2D eigenvalue weighted by Crippen LogP contribution is 2.43. The van der Waals surface area contributed by atoms with Crippen LogP contribution in [0.15, 0.2) is 18.3 Å². The SMILES string of the molecule is Cc1cc(C(O)C2CCOC3(CCSC3)C2)ccn1. The normalized spacial score (nSPS) is 32.6. The smallest absolute Gasteiger partial charge is 0.0821 e. The average molecular weight is 279 g/mol. The molecule has 0 radical (unpaired) electrons. The van der Waals surface area contributed by atoms with Crippen LogP contribution in [0.3, 0.4) is 0 Å². The summed E-state index contributed by atoms with van der Waals surface area (Å²) in [5.41, 5.74) is 2.01. The van der Waals surface area contributed by atoms with E-state index in [-0.39, 0.29) is 11.7 Å². The molecule has 1 spiro atoms. The maximum Gasteiger partial charge on any atom is 0.0821 e. The molecule has 3 heterocycles. The first-order chi connectivity index (χ1) is 9.19. The van der Waals surface area contributed by atoms with E-state index in [2.05, 4.69) is 4.98 Å². The summed E-state index contributed by atoms with van der Waals surface area (Å²) in [5.74, 6) is 2.59. The highest BCUT2D eigenvalue weighted by atomic mass is 32.2. The van der Waals surface area contributed by atoms with Gasteiger partial charge in [0.1, 0.15) is 0 Å². The molecule has 0 bridgehead atoms. The first kappa shape index (κ1) is 13.4. The second kappa shape index (κ2) is 5.43. The van der Waals surface area contributed by atoms with Gasteiger partial charge in [-0.3, -0.25) is 4.98 Å². The summed E-state index contributed by atoms with van der Waals surface area (Å²) in [5, 5.41) is 10.6. The van der Waals surface area contributed by atoms with Crippen molar-refractivity contribution in [1.82, 2.24) is 4.98 Å². The molecule has 2 saturated heterocycles. The fourth-order valence-electron chi connectivity index (χ4n) is 3.22. The third kappa shape index (κ3) is 2.81. The average Bonchev–Trinajstić information content (AvgIpc) is 2.86. The molecule has 0 aromatic carbocycles. The number of nitrogens with zero attached hydrogens (tertiary/aromatic N) is 1. The molecular formula is C15H21NO2S. The number of ether oxygens (including phenoxy) is 1. The van der Waals surface area contributed by atoms with Crippen LogP contribution in [0.5, 0.6) is 0 Å². The van der Waals surface area contributed by atoms with E-state index in [1.165, 1.54) is 5.75 Å². The molecule has 1 aromatic heterocycles. The third-order valence-corrected chi connectivity index (χ3v) is 5.53. The van der Waals surface area contributed by atoms with Crippen LogP contribution in [0.2, 0.25) is 0 Å². The molecular weight excluding hydrogens is 258 g/mol. The summed E-state index contributed by atoms with van der Waals surface area (Å²) in [6, 6.07) is 3.93. The molecule has 3 rings (SSSR count). The Morgan fingerprint density at radius 2 is 2.47 bits per heavy atom. The van der Waals surface area contributed by atoms with Gasteiger partial charge in [0, 0.05) is 24.3 Å². The number of pyridine rings is 1. The Hall–Kier alpha value is -0.580. The summed E-state index contributed by atoms with van der Waals surface area (Å²) < 4.78 is 6.02. The largest absolute Gasteiger partial charge is 0.388 e. The zero-order valence-corrected chi connectivity index (χ0v) is 12.2. The number of aromatic nitrogens is 1. The van der Waals surface area contributed by atoms with Crippen LogP contribution in [-0.4, -0.2) is 33.8 Å². The highest BCUT2D eigenvalue weighted by Gasteiger charge is 2.42. The van der Waals surface area contributed by atoms with E-state index in [1.54, 1.807) is 6.20 Å². The Balaban J connectivity index is 1.74.